The summed E-state index contributed by atoms with van der Waals surface area (Å²) >= 11 is 1.37. The first kappa shape index (κ1) is 12.6. The summed E-state index contributed by atoms with van der Waals surface area (Å²) < 4.78 is 0. The Morgan fingerprint density at radius 2 is 2.10 bits per heavy atom. The molecule has 0 saturated carbocycles. The summed E-state index contributed by atoms with van der Waals surface area (Å²) in [5.41, 5.74) is 1.35. The van der Waals surface area contributed by atoms with Crippen molar-refractivity contribution in [2.45, 2.75) is 13.0 Å². The predicted octanol–water partition coefficient (Wildman–Crippen LogP) is 3.02. The second-order valence-corrected chi connectivity index (χ2v) is 5.03. The Labute approximate surface area is 119 Å². The zero-order valence-electron chi connectivity index (χ0n) is 10.7. The molecule has 1 amide bonds. The number of benzene rings is 1. The van der Waals surface area contributed by atoms with Crippen molar-refractivity contribution < 1.29 is 4.79 Å². The molecule has 0 N–H and O–H groups in total. The fourth-order valence-corrected chi connectivity index (χ4v) is 2.28. The number of carbonyl (C=O) groups is 1. The Morgan fingerprint density at radius 1 is 1.30 bits per heavy atom. The Kier molecular flexibility index (Phi) is 3.34. The zero-order valence-corrected chi connectivity index (χ0v) is 11.5. The molecule has 3 rings (SSSR count). The van der Waals surface area contributed by atoms with Crippen molar-refractivity contribution in [3.8, 4) is 0 Å². The van der Waals surface area contributed by atoms with Crippen LogP contribution in [0.2, 0.25) is 0 Å². The van der Waals surface area contributed by atoms with Gasteiger partial charge in [0.05, 0.1) is 11.4 Å². The van der Waals surface area contributed by atoms with Gasteiger partial charge in [-0.1, -0.05) is 18.2 Å². The molecular formula is C13H11N5OS. The molecule has 0 saturated heterocycles. The van der Waals surface area contributed by atoms with Crippen molar-refractivity contribution in [2.24, 2.45) is 15.3 Å². The summed E-state index contributed by atoms with van der Waals surface area (Å²) in [6.45, 7) is 1.77. The second kappa shape index (κ2) is 5.30. The van der Waals surface area contributed by atoms with Crippen LogP contribution in [-0.4, -0.2) is 22.6 Å². The van der Waals surface area contributed by atoms with E-state index in [1.165, 1.54) is 16.3 Å². The van der Waals surface area contributed by atoms with Crippen molar-refractivity contribution in [3.63, 3.8) is 0 Å². The van der Waals surface area contributed by atoms with Gasteiger partial charge in [0, 0.05) is 11.6 Å². The van der Waals surface area contributed by atoms with Crippen LogP contribution in [0.3, 0.4) is 0 Å². The fourth-order valence-electron chi connectivity index (χ4n) is 1.82. The topological polar surface area (TPSA) is 70.3 Å². The molecule has 0 bridgehead atoms. The fraction of sp³-hybridized carbons (Fsp3) is 0.154. The Balaban J connectivity index is 1.82. The van der Waals surface area contributed by atoms with Gasteiger partial charge in [-0.25, -0.2) is 4.98 Å². The van der Waals surface area contributed by atoms with Crippen LogP contribution in [-0.2, 0) is 4.79 Å². The molecule has 2 aromatic rings. The highest BCUT2D eigenvalue weighted by molar-refractivity contribution is 7.13. The quantitative estimate of drug-likeness (QED) is 0.813. The van der Waals surface area contributed by atoms with Gasteiger partial charge in [0.2, 0.25) is 5.13 Å². The van der Waals surface area contributed by atoms with Crippen molar-refractivity contribution in [1.82, 2.24) is 4.98 Å². The maximum absolute atomic E-state index is 12.3. The number of carbonyl (C=O) groups excluding carboxylic acids is 1. The summed E-state index contributed by atoms with van der Waals surface area (Å²) in [5.74, 6) is -0.200. The molecule has 1 aromatic carbocycles. The highest BCUT2D eigenvalue weighted by Gasteiger charge is 2.34. The summed E-state index contributed by atoms with van der Waals surface area (Å²) in [6.07, 6.45) is 1.65. The number of para-hydroxylation sites is 1. The molecule has 1 aromatic heterocycles. The van der Waals surface area contributed by atoms with Crippen LogP contribution in [0.1, 0.15) is 6.92 Å². The molecule has 6 nitrogen and oxygen atoms in total. The van der Waals surface area contributed by atoms with Crippen molar-refractivity contribution in [3.05, 3.63) is 41.9 Å². The summed E-state index contributed by atoms with van der Waals surface area (Å²) in [5, 5.41) is 16.0. The highest BCUT2D eigenvalue weighted by atomic mass is 32.1. The van der Waals surface area contributed by atoms with Gasteiger partial charge in [-0.3, -0.25) is 4.79 Å². The van der Waals surface area contributed by atoms with Crippen LogP contribution >= 0.6 is 11.3 Å². The van der Waals surface area contributed by atoms with E-state index < -0.39 is 6.04 Å². The molecule has 0 aliphatic carbocycles. The monoisotopic (exact) mass is 285 g/mol. The molecular weight excluding hydrogens is 274 g/mol. The number of rotatable bonds is 3. The van der Waals surface area contributed by atoms with E-state index in [4.69, 9.17) is 0 Å². The number of thiazole rings is 1. The average Bonchev–Trinajstić information content (AvgIpc) is 3.07. The standard InChI is InChI=1S/C13H11N5OS/c1-9-11(15-16-13-14-7-8-20-13)12(19)18(17-9)10-5-3-2-4-6-10/h2-8,11H,1H3/t11-/m1/s1. The first-order valence-electron chi connectivity index (χ1n) is 6.00. The third-order valence-corrected chi connectivity index (χ3v) is 3.43. The smallest absolute Gasteiger partial charge is 0.269 e. The molecule has 0 unspecified atom stereocenters. The van der Waals surface area contributed by atoms with Gasteiger partial charge in [0.15, 0.2) is 6.04 Å². The van der Waals surface area contributed by atoms with Crippen molar-refractivity contribution in [1.29, 1.82) is 0 Å². The lowest BCUT2D eigenvalue weighted by Gasteiger charge is -2.11. The van der Waals surface area contributed by atoms with Gasteiger partial charge >= 0.3 is 0 Å². The predicted molar refractivity (Wildman–Crippen MR) is 77.5 cm³/mol. The average molecular weight is 285 g/mol. The lowest BCUT2D eigenvalue weighted by Crippen LogP contribution is -2.29. The number of hydrogen-bond donors (Lipinski definition) is 0. The van der Waals surface area contributed by atoms with Gasteiger partial charge < -0.3 is 0 Å². The molecule has 0 fully saturated rings. The maximum atomic E-state index is 12.3. The Morgan fingerprint density at radius 3 is 2.80 bits per heavy atom. The van der Waals surface area contributed by atoms with E-state index in [1.54, 1.807) is 13.1 Å². The molecule has 100 valence electrons. The molecule has 1 atom stereocenters. The van der Waals surface area contributed by atoms with Crippen LogP contribution in [0.25, 0.3) is 0 Å². The van der Waals surface area contributed by atoms with Crippen LogP contribution in [0.15, 0.2) is 57.2 Å². The largest absolute Gasteiger partial charge is 0.280 e. The molecule has 20 heavy (non-hydrogen) atoms. The van der Waals surface area contributed by atoms with Crippen LogP contribution in [0.4, 0.5) is 10.8 Å². The second-order valence-electron chi connectivity index (χ2n) is 4.16. The van der Waals surface area contributed by atoms with Crippen LogP contribution in [0.5, 0.6) is 0 Å². The molecule has 1 aliphatic heterocycles. The maximum Gasteiger partial charge on any atom is 0.280 e. The molecule has 2 heterocycles. The van der Waals surface area contributed by atoms with E-state index in [2.05, 4.69) is 20.3 Å². The Hall–Kier alpha value is -2.41. The molecule has 0 spiro atoms. The first-order chi connectivity index (χ1) is 9.75. The third-order valence-electron chi connectivity index (χ3n) is 2.77. The lowest BCUT2D eigenvalue weighted by molar-refractivity contribution is -0.117. The number of hydrogen-bond acceptors (Lipinski definition) is 6. The zero-order chi connectivity index (χ0) is 13.9. The number of azo groups is 1. The van der Waals surface area contributed by atoms with Gasteiger partial charge in [0.1, 0.15) is 0 Å². The number of hydrazone groups is 1. The van der Waals surface area contributed by atoms with Gasteiger partial charge in [-0.05, 0) is 19.1 Å². The van der Waals surface area contributed by atoms with Crippen LogP contribution in [0, 0.1) is 0 Å². The minimum absolute atomic E-state index is 0.200. The summed E-state index contributed by atoms with van der Waals surface area (Å²) in [4.78, 5) is 16.3. The van der Waals surface area contributed by atoms with Crippen molar-refractivity contribution in [2.75, 3.05) is 5.01 Å². The number of amides is 1. The number of aromatic nitrogens is 1. The Bertz CT molecular complexity index is 665. The van der Waals surface area contributed by atoms with Gasteiger partial charge in [0.25, 0.3) is 5.91 Å². The van der Waals surface area contributed by atoms with E-state index in [1.807, 2.05) is 35.7 Å². The van der Waals surface area contributed by atoms with Crippen LogP contribution < -0.4 is 5.01 Å². The van der Waals surface area contributed by atoms with Gasteiger partial charge in [-0.2, -0.15) is 15.2 Å². The van der Waals surface area contributed by atoms with Gasteiger partial charge in [-0.15, -0.1) is 16.5 Å². The lowest BCUT2D eigenvalue weighted by atomic mass is 10.2. The number of anilines is 1. The van der Waals surface area contributed by atoms with E-state index in [9.17, 15) is 4.79 Å². The molecule has 0 radical (unpaired) electrons. The van der Waals surface area contributed by atoms with E-state index >= 15 is 0 Å². The van der Waals surface area contributed by atoms with E-state index in [0.29, 0.717) is 10.8 Å². The summed E-state index contributed by atoms with van der Waals surface area (Å²) in [6, 6.07) is 8.60. The van der Waals surface area contributed by atoms with Crippen molar-refractivity contribution >= 4 is 33.8 Å². The molecule has 1 aliphatic rings. The minimum Gasteiger partial charge on any atom is -0.269 e. The van der Waals surface area contributed by atoms with E-state index in [0.717, 1.165) is 5.69 Å². The normalized spacial score (nSPS) is 18.9. The highest BCUT2D eigenvalue weighted by Crippen LogP contribution is 2.23. The SMILES string of the molecule is CC1=NN(c2ccccc2)C(=O)[C@@H]1N=Nc1nccs1. The van der Waals surface area contributed by atoms with E-state index in [-0.39, 0.29) is 5.91 Å². The first-order valence-corrected chi connectivity index (χ1v) is 6.88. The minimum atomic E-state index is -0.667. The summed E-state index contributed by atoms with van der Waals surface area (Å²) in [7, 11) is 0. The third kappa shape index (κ3) is 2.35. The number of nitrogens with zero attached hydrogens (tertiary/aromatic N) is 5. The molecule has 7 heteroatoms.